The van der Waals surface area contributed by atoms with Crippen molar-refractivity contribution in [3.05, 3.63) is 41.1 Å². The van der Waals surface area contributed by atoms with Gasteiger partial charge in [-0.1, -0.05) is 6.07 Å². The highest BCUT2D eigenvalue weighted by Gasteiger charge is 2.63. The van der Waals surface area contributed by atoms with Crippen molar-refractivity contribution in [1.82, 2.24) is 9.97 Å². The molecule has 3 aliphatic rings. The van der Waals surface area contributed by atoms with Gasteiger partial charge in [0.15, 0.2) is 0 Å². The molecule has 14 heteroatoms. The molecule has 44 heavy (non-hydrogen) atoms. The van der Waals surface area contributed by atoms with E-state index in [9.17, 15) is 0 Å². The predicted molar refractivity (Wildman–Crippen MR) is 188 cm³/mol. The third-order valence-electron chi connectivity index (χ3n) is 9.17. The molecule has 0 aromatic carbocycles. The maximum atomic E-state index is 5.96. The Hall–Kier alpha value is -0.565. The van der Waals surface area contributed by atoms with Gasteiger partial charge in [-0.25, -0.2) is 4.98 Å². The fraction of sp³-hybridized carbons (Fsp3) is 0.667. The van der Waals surface area contributed by atoms with Crippen LogP contribution >= 0.6 is 39.5 Å². The van der Waals surface area contributed by atoms with E-state index in [0.29, 0.717) is 0 Å². The summed E-state index contributed by atoms with van der Waals surface area (Å²) < 4.78 is 36.8. The predicted octanol–water partition coefficient (Wildman–Crippen LogP) is 6.92. The summed E-state index contributed by atoms with van der Waals surface area (Å²) in [5.74, 6) is 0. The van der Waals surface area contributed by atoms with Gasteiger partial charge in [-0.2, -0.15) is 0 Å². The van der Waals surface area contributed by atoms with Crippen molar-refractivity contribution in [2.24, 2.45) is 0 Å². The second kappa shape index (κ2) is 13.9. The number of aromatic nitrogens is 2. The van der Waals surface area contributed by atoms with Crippen LogP contribution in [0.4, 0.5) is 0 Å². The quantitative estimate of drug-likeness (QED) is 0.247. The topological polar surface area (TPSA) is 81.2 Å². The van der Waals surface area contributed by atoms with E-state index in [-0.39, 0.29) is 40.7 Å². The summed E-state index contributed by atoms with van der Waals surface area (Å²) in [6.07, 6.45) is 7.65. The summed E-state index contributed by atoms with van der Waals surface area (Å²) in [7, 11) is -1.27. The first-order chi connectivity index (χ1) is 20.1. The SMILES string of the molecule is CC1(C)OB(B2OC(C)(C)C(C)(C)O2)OC1(C)C.CSc1ccc(B2OC(C)(C)C(C)(C)O2)cn1.CSc1ccc(Br)cn1. The standard InChI is InChI=1S/C12H24B2O4.C12H18BNO2S.C6H6BrNS/c1-9(2)10(3,4)16-13(15-9)14-17-11(5,6)12(7,8)18-14;1-11(2)12(3,4)16-13(15-11)9-6-7-10(17-5)14-8-9;1-9-6-3-2-5(7)4-8-6/h1-8H3;6-8H,1-5H3;2-4H,1H3. The van der Waals surface area contributed by atoms with Crippen LogP contribution in [0.15, 0.2) is 51.2 Å². The molecule has 0 spiro atoms. The van der Waals surface area contributed by atoms with Gasteiger partial charge >= 0.3 is 21.1 Å². The maximum absolute atomic E-state index is 5.96. The molecule has 0 N–H and O–H groups in total. The zero-order valence-electron chi connectivity index (χ0n) is 28.7. The van der Waals surface area contributed by atoms with Gasteiger partial charge in [0.1, 0.15) is 0 Å². The Labute approximate surface area is 283 Å². The third-order valence-corrected chi connectivity index (χ3v) is 11.0. The van der Waals surface area contributed by atoms with Crippen LogP contribution in [0.25, 0.3) is 0 Å². The number of thioether (sulfide) groups is 2. The van der Waals surface area contributed by atoms with E-state index in [1.165, 1.54) is 0 Å². The normalized spacial score (nSPS) is 23.5. The fourth-order valence-corrected chi connectivity index (χ4v) is 5.07. The molecule has 0 aliphatic carbocycles. The van der Waals surface area contributed by atoms with E-state index < -0.39 is 14.0 Å². The average molecular weight is 709 g/mol. The lowest BCUT2D eigenvalue weighted by molar-refractivity contribution is 0.00578. The number of pyridine rings is 2. The third kappa shape index (κ3) is 8.66. The van der Waals surface area contributed by atoms with Gasteiger partial charge in [0.05, 0.1) is 43.7 Å². The van der Waals surface area contributed by atoms with Gasteiger partial charge in [0, 0.05) is 22.3 Å². The monoisotopic (exact) mass is 708 g/mol. The highest BCUT2D eigenvalue weighted by molar-refractivity contribution is 9.10. The van der Waals surface area contributed by atoms with E-state index in [0.717, 1.165) is 20.0 Å². The molecule has 0 unspecified atom stereocenters. The van der Waals surface area contributed by atoms with Crippen LogP contribution in [0, 0.1) is 0 Å². The van der Waals surface area contributed by atoms with Gasteiger partial charge in [0.25, 0.3) is 0 Å². The molecule has 3 aliphatic heterocycles. The second-order valence-electron chi connectivity index (χ2n) is 14.0. The Morgan fingerprint density at radius 2 is 0.864 bits per heavy atom. The summed E-state index contributed by atoms with van der Waals surface area (Å²) in [5.41, 5.74) is -1.06. The van der Waals surface area contributed by atoms with Crippen LogP contribution < -0.4 is 5.46 Å². The lowest BCUT2D eigenvalue weighted by atomic mass is 9.49. The largest absolute Gasteiger partial charge is 0.496 e. The number of halogens is 1. The van der Waals surface area contributed by atoms with Gasteiger partial charge in [-0.3, -0.25) is 4.98 Å². The molecule has 5 heterocycles. The van der Waals surface area contributed by atoms with Crippen molar-refractivity contribution >= 4 is 66.1 Å². The Balaban J connectivity index is 0.000000190. The first-order valence-electron chi connectivity index (χ1n) is 14.8. The molecule has 242 valence electrons. The van der Waals surface area contributed by atoms with Gasteiger partial charge in [-0.15, -0.1) is 23.5 Å². The highest BCUT2D eigenvalue weighted by Crippen LogP contribution is 2.43. The van der Waals surface area contributed by atoms with Crippen molar-refractivity contribution in [3.63, 3.8) is 0 Å². The first-order valence-corrected chi connectivity index (χ1v) is 18.0. The van der Waals surface area contributed by atoms with Crippen LogP contribution in [0.5, 0.6) is 0 Å². The minimum absolute atomic E-state index is 0.296. The summed E-state index contributed by atoms with van der Waals surface area (Å²) in [4.78, 5) is 8.45. The molecule has 0 amide bonds. The smallest absolute Gasteiger partial charge is 0.405 e. The van der Waals surface area contributed by atoms with E-state index in [1.54, 1.807) is 29.7 Å². The van der Waals surface area contributed by atoms with Crippen LogP contribution in [0.2, 0.25) is 0 Å². The summed E-state index contributed by atoms with van der Waals surface area (Å²) in [6.45, 7) is 24.4. The van der Waals surface area contributed by atoms with Gasteiger partial charge < -0.3 is 27.9 Å². The molecule has 8 nitrogen and oxygen atoms in total. The van der Waals surface area contributed by atoms with E-state index in [1.807, 2.05) is 98.4 Å². The van der Waals surface area contributed by atoms with Crippen LogP contribution in [0.3, 0.4) is 0 Å². The Morgan fingerprint density at radius 1 is 0.523 bits per heavy atom. The lowest BCUT2D eigenvalue weighted by Crippen LogP contribution is -2.41. The molecule has 0 bridgehead atoms. The number of nitrogens with zero attached hydrogens (tertiary/aromatic N) is 2. The zero-order valence-corrected chi connectivity index (χ0v) is 32.0. The minimum atomic E-state index is -0.476. The molecule has 0 atom stereocenters. The van der Waals surface area contributed by atoms with Crippen molar-refractivity contribution in [2.45, 2.75) is 127 Å². The van der Waals surface area contributed by atoms with Crippen molar-refractivity contribution < 1.29 is 27.9 Å². The summed E-state index contributed by atoms with van der Waals surface area (Å²) in [5, 5.41) is 2.06. The number of rotatable bonds is 4. The molecule has 2 aromatic heterocycles. The number of hydrogen-bond donors (Lipinski definition) is 0. The molecule has 0 radical (unpaired) electrons. The highest BCUT2D eigenvalue weighted by atomic mass is 79.9. The average Bonchev–Trinajstić information content (AvgIpc) is 3.39. The molecule has 3 saturated heterocycles. The van der Waals surface area contributed by atoms with Crippen LogP contribution in [-0.2, 0) is 27.9 Å². The van der Waals surface area contributed by atoms with Crippen molar-refractivity contribution in [3.8, 4) is 0 Å². The molecule has 3 fully saturated rings. The Bertz CT molecular complexity index is 1170. The van der Waals surface area contributed by atoms with Gasteiger partial charge in [-0.05, 0) is 130 Å². The molecule has 2 aromatic rings. The van der Waals surface area contributed by atoms with Crippen LogP contribution in [0.1, 0.15) is 83.1 Å². The number of hydrogen-bond acceptors (Lipinski definition) is 10. The molecular weight excluding hydrogens is 661 g/mol. The zero-order chi connectivity index (χ0) is 33.4. The minimum Gasteiger partial charge on any atom is -0.405 e. The first kappa shape index (κ1) is 37.9. The van der Waals surface area contributed by atoms with Gasteiger partial charge in [0.2, 0.25) is 0 Å². The Kier molecular flexibility index (Phi) is 12.0. The lowest BCUT2D eigenvalue weighted by Gasteiger charge is -2.32. The second-order valence-corrected chi connectivity index (χ2v) is 16.6. The van der Waals surface area contributed by atoms with Crippen LogP contribution in [-0.4, -0.2) is 77.2 Å². The van der Waals surface area contributed by atoms with E-state index in [2.05, 4.69) is 53.6 Å². The van der Waals surface area contributed by atoms with E-state index in [4.69, 9.17) is 27.9 Å². The maximum Gasteiger partial charge on any atom is 0.496 e. The summed E-state index contributed by atoms with van der Waals surface area (Å²) >= 11 is 6.58. The molecular formula is C30H48B3BrN2O6S2. The van der Waals surface area contributed by atoms with Crippen molar-refractivity contribution in [1.29, 1.82) is 0 Å². The fourth-order valence-electron chi connectivity index (χ4n) is 4.11. The van der Waals surface area contributed by atoms with Crippen molar-refractivity contribution in [2.75, 3.05) is 12.5 Å². The molecule has 0 saturated carbocycles. The summed E-state index contributed by atoms with van der Waals surface area (Å²) in [6, 6.07) is 7.97. The Morgan fingerprint density at radius 3 is 1.16 bits per heavy atom. The van der Waals surface area contributed by atoms with E-state index >= 15 is 0 Å². The molecule has 5 rings (SSSR count).